The van der Waals surface area contributed by atoms with E-state index in [4.69, 9.17) is 4.52 Å². The van der Waals surface area contributed by atoms with Crippen LogP contribution in [-0.4, -0.2) is 55.0 Å². The van der Waals surface area contributed by atoms with Crippen molar-refractivity contribution >= 4 is 46.8 Å². The van der Waals surface area contributed by atoms with Crippen molar-refractivity contribution in [3.63, 3.8) is 0 Å². The molecule has 3 rings (SSSR count). The van der Waals surface area contributed by atoms with Gasteiger partial charge in [-0.3, -0.25) is 14.1 Å². The maximum absolute atomic E-state index is 14.3. The van der Waals surface area contributed by atoms with Crippen molar-refractivity contribution < 1.29 is 40.6 Å². The van der Waals surface area contributed by atoms with Gasteiger partial charge in [0.05, 0.1) is 17.6 Å². The summed E-state index contributed by atoms with van der Waals surface area (Å²) in [6.07, 6.45) is -4.82. The number of aliphatic hydroxyl groups is 1. The number of carbonyl (C=O) groups excluding carboxylic acids is 1. The zero-order valence-corrected chi connectivity index (χ0v) is 22.1. The van der Waals surface area contributed by atoms with Crippen molar-refractivity contribution in [2.24, 2.45) is 10.2 Å². The van der Waals surface area contributed by atoms with E-state index in [2.05, 4.69) is 14.8 Å². The Morgan fingerprint density at radius 2 is 1.92 bits per heavy atom. The smallest absolute Gasteiger partial charge is 0.418 e. The number of benzene rings is 1. The first-order valence-electron chi connectivity index (χ1n) is 10.9. The van der Waals surface area contributed by atoms with Crippen LogP contribution in [0.2, 0.25) is 0 Å². The second-order valence-corrected chi connectivity index (χ2v) is 12.4. The second-order valence-electron chi connectivity index (χ2n) is 9.67. The molecule has 0 radical (unpaired) electrons. The molecule has 0 saturated carbocycles. The maximum atomic E-state index is 14.3. The SMILES string of the molecule is CCOP1(=O)N=C(C2=C(O)C(C)(C(F)(F)F)N(CCC(C)(C)C)C2=O)Nc2ccc(N[SH](=O)=O)cc21. The van der Waals surface area contributed by atoms with E-state index in [-0.39, 0.29) is 36.3 Å². The molecule has 36 heavy (non-hydrogen) atoms. The summed E-state index contributed by atoms with van der Waals surface area (Å²) in [5, 5.41) is 13.4. The Bertz CT molecular complexity index is 1260. The zero-order chi connectivity index (χ0) is 27.3. The summed E-state index contributed by atoms with van der Waals surface area (Å²) in [6, 6.07) is 3.84. The van der Waals surface area contributed by atoms with Crippen molar-refractivity contribution in [2.75, 3.05) is 23.2 Å². The van der Waals surface area contributed by atoms with Crippen molar-refractivity contribution in [1.82, 2.24) is 4.90 Å². The van der Waals surface area contributed by atoms with Gasteiger partial charge in [-0.1, -0.05) is 20.8 Å². The number of anilines is 2. The fourth-order valence-corrected chi connectivity index (χ4v) is 6.01. The van der Waals surface area contributed by atoms with Gasteiger partial charge in [-0.2, -0.15) is 17.9 Å². The van der Waals surface area contributed by atoms with Gasteiger partial charge < -0.3 is 19.8 Å². The van der Waals surface area contributed by atoms with Crippen LogP contribution in [0.15, 0.2) is 34.3 Å². The molecule has 2 aliphatic heterocycles. The van der Waals surface area contributed by atoms with Gasteiger partial charge in [0.25, 0.3) is 5.91 Å². The average Bonchev–Trinajstić information content (AvgIpc) is 2.92. The van der Waals surface area contributed by atoms with Crippen LogP contribution in [0.25, 0.3) is 0 Å². The predicted octanol–water partition coefficient (Wildman–Crippen LogP) is 3.72. The molecule has 1 aromatic rings. The van der Waals surface area contributed by atoms with E-state index >= 15 is 0 Å². The number of alkyl halides is 3. The van der Waals surface area contributed by atoms with Gasteiger partial charge >= 0.3 is 13.7 Å². The second kappa shape index (κ2) is 9.38. The molecule has 0 spiro atoms. The van der Waals surface area contributed by atoms with Gasteiger partial charge in [0, 0.05) is 12.2 Å². The highest BCUT2D eigenvalue weighted by Gasteiger charge is 2.65. The summed E-state index contributed by atoms with van der Waals surface area (Å²) in [7, 11) is -7.22. The molecule has 10 nitrogen and oxygen atoms in total. The van der Waals surface area contributed by atoms with E-state index in [1.54, 1.807) is 20.8 Å². The molecule has 0 aromatic heterocycles. The highest BCUT2D eigenvalue weighted by Crippen LogP contribution is 2.54. The van der Waals surface area contributed by atoms with Crippen molar-refractivity contribution in [3.05, 3.63) is 29.5 Å². The number of halogens is 3. The molecular formula is C21H28F3N4O6PS. The van der Waals surface area contributed by atoms with Gasteiger partial charge in [-0.25, -0.2) is 8.42 Å². The number of hydrogen-bond acceptors (Lipinski definition) is 7. The predicted molar refractivity (Wildman–Crippen MR) is 130 cm³/mol. The number of aliphatic hydroxyl groups excluding tert-OH is 1. The summed E-state index contributed by atoms with van der Waals surface area (Å²) in [6.45, 7) is 7.22. The summed E-state index contributed by atoms with van der Waals surface area (Å²) in [4.78, 5) is 13.9. The van der Waals surface area contributed by atoms with Crippen LogP contribution in [0.1, 0.15) is 41.0 Å². The number of amides is 1. The topological polar surface area (TPSA) is 137 Å². The molecule has 2 heterocycles. The van der Waals surface area contributed by atoms with Crippen LogP contribution in [0, 0.1) is 5.41 Å². The number of rotatable bonds is 7. The lowest BCUT2D eigenvalue weighted by molar-refractivity contribution is -0.216. The highest BCUT2D eigenvalue weighted by atomic mass is 32.2. The molecular weight excluding hydrogens is 524 g/mol. The first kappa shape index (κ1) is 28.0. The Kier molecular flexibility index (Phi) is 7.30. The first-order chi connectivity index (χ1) is 16.4. The Morgan fingerprint density at radius 1 is 1.28 bits per heavy atom. The number of hydrogen-bond donors (Lipinski definition) is 4. The minimum absolute atomic E-state index is 0.0522. The van der Waals surface area contributed by atoms with Crippen LogP contribution >= 0.6 is 7.52 Å². The summed E-state index contributed by atoms with van der Waals surface area (Å²) >= 11 is 0. The van der Waals surface area contributed by atoms with Gasteiger partial charge in [0.1, 0.15) is 11.3 Å². The molecule has 200 valence electrons. The largest absolute Gasteiger partial charge is 0.508 e. The lowest BCUT2D eigenvalue weighted by Crippen LogP contribution is -2.57. The van der Waals surface area contributed by atoms with Crippen molar-refractivity contribution in [2.45, 2.75) is 52.8 Å². The van der Waals surface area contributed by atoms with Crippen molar-refractivity contribution in [1.29, 1.82) is 0 Å². The molecule has 0 saturated heterocycles. The third-order valence-corrected chi connectivity index (χ3v) is 8.37. The Hall–Kier alpha value is -2.57. The third-order valence-electron chi connectivity index (χ3n) is 5.88. The van der Waals surface area contributed by atoms with Crippen LogP contribution in [-0.2, 0) is 24.8 Å². The number of nitrogens with one attached hydrogen (secondary N) is 2. The fourth-order valence-electron chi connectivity index (χ4n) is 3.85. The van der Waals surface area contributed by atoms with Crippen molar-refractivity contribution in [3.8, 4) is 0 Å². The van der Waals surface area contributed by atoms with Gasteiger partial charge in [0.15, 0.2) is 11.4 Å². The number of carbonyl (C=O) groups is 1. The van der Waals surface area contributed by atoms with Crippen LogP contribution < -0.4 is 15.3 Å². The quantitative estimate of drug-likeness (QED) is 0.299. The Labute approximate surface area is 208 Å². The number of fused-ring (bicyclic) bond motifs is 1. The summed E-state index contributed by atoms with van der Waals surface area (Å²) in [5.41, 5.74) is -4.08. The van der Waals surface area contributed by atoms with Crippen LogP contribution in [0.5, 0.6) is 0 Å². The number of thiol groups is 1. The monoisotopic (exact) mass is 552 g/mol. The minimum Gasteiger partial charge on any atom is -0.508 e. The lowest BCUT2D eigenvalue weighted by atomic mass is 9.90. The van der Waals surface area contributed by atoms with E-state index in [0.717, 1.165) is 0 Å². The van der Waals surface area contributed by atoms with Crippen LogP contribution in [0.3, 0.4) is 0 Å². The van der Waals surface area contributed by atoms with E-state index in [0.29, 0.717) is 11.8 Å². The number of nitrogens with zero attached hydrogens (tertiary/aromatic N) is 2. The number of amidine groups is 1. The molecule has 1 amide bonds. The van der Waals surface area contributed by atoms with E-state index < -0.39 is 58.6 Å². The van der Waals surface area contributed by atoms with E-state index in [9.17, 15) is 36.1 Å². The van der Waals surface area contributed by atoms with Gasteiger partial charge in [-0.15, -0.1) is 0 Å². The Balaban J connectivity index is 2.16. The standard InChI is InChI=1S/C21H28F3N4O6PS/c1-6-34-35(31)14-11-12(27-36(32)33)7-8-13(14)25-17(26-35)15-16(29)20(5,21(22,23)24)28(18(15)30)10-9-19(2,3)4/h7-8,11,29,36H,6,9-10H2,1-5H3,(H,25,26,31)(H,27,32,33). The van der Waals surface area contributed by atoms with Gasteiger partial charge in [-0.05, 0) is 43.9 Å². The van der Waals surface area contributed by atoms with Gasteiger partial charge in [0.2, 0.25) is 10.9 Å². The van der Waals surface area contributed by atoms with E-state index in [1.807, 2.05) is 0 Å². The minimum atomic E-state index is -5.03. The molecule has 2 unspecified atom stereocenters. The third kappa shape index (κ3) is 4.98. The molecule has 3 N–H and O–H groups in total. The lowest BCUT2D eigenvalue weighted by Gasteiger charge is -2.38. The summed E-state index contributed by atoms with van der Waals surface area (Å²) < 4.78 is 90.0. The molecule has 15 heteroatoms. The van der Waals surface area contributed by atoms with Crippen LogP contribution in [0.4, 0.5) is 24.5 Å². The molecule has 1 aromatic carbocycles. The fraction of sp³-hybridized carbons (Fsp3) is 0.524. The normalized spacial score (nSPS) is 24.6. The highest BCUT2D eigenvalue weighted by molar-refractivity contribution is 7.74. The average molecular weight is 553 g/mol. The molecule has 0 aliphatic carbocycles. The zero-order valence-electron chi connectivity index (χ0n) is 20.3. The summed E-state index contributed by atoms with van der Waals surface area (Å²) in [5.74, 6) is -2.93. The molecule has 0 bridgehead atoms. The van der Waals surface area contributed by atoms with E-state index in [1.165, 1.54) is 25.1 Å². The first-order valence-corrected chi connectivity index (χ1v) is 13.7. The molecule has 2 atom stereocenters. The molecule has 2 aliphatic rings. The molecule has 0 fully saturated rings. The Morgan fingerprint density at radius 3 is 2.44 bits per heavy atom. The maximum Gasteiger partial charge on any atom is 0.418 e.